The van der Waals surface area contributed by atoms with Crippen LogP contribution in [0.2, 0.25) is 0 Å². The first-order chi connectivity index (χ1) is 11.1. The number of aromatic nitrogens is 2. The molecule has 0 unspecified atom stereocenters. The van der Waals surface area contributed by atoms with Crippen LogP contribution in [-0.2, 0) is 24.8 Å². The maximum absolute atomic E-state index is 12.4. The van der Waals surface area contributed by atoms with Gasteiger partial charge in [-0.1, -0.05) is 25.7 Å². The van der Waals surface area contributed by atoms with Crippen LogP contribution in [0.4, 0.5) is 0 Å². The molecule has 6 nitrogen and oxygen atoms in total. The van der Waals surface area contributed by atoms with Gasteiger partial charge in [-0.15, -0.1) is 0 Å². The summed E-state index contributed by atoms with van der Waals surface area (Å²) in [5.41, 5.74) is 1.68. The van der Waals surface area contributed by atoms with Crippen molar-refractivity contribution in [3.63, 3.8) is 0 Å². The topological polar surface area (TPSA) is 74.0 Å². The predicted octanol–water partition coefficient (Wildman–Crippen LogP) is 1.51. The Kier molecular flexibility index (Phi) is 4.67. The average Bonchev–Trinajstić information content (AvgIpc) is 2.76. The van der Waals surface area contributed by atoms with Crippen molar-refractivity contribution < 1.29 is 4.79 Å². The van der Waals surface area contributed by atoms with E-state index in [2.05, 4.69) is 25.8 Å². The molecule has 0 saturated heterocycles. The number of amides is 1. The Hall–Kier alpha value is -1.87. The number of nitrogens with one attached hydrogen (secondary N) is 1. The van der Waals surface area contributed by atoms with Gasteiger partial charge in [0.1, 0.15) is 5.54 Å². The minimum Gasteiger partial charge on any atom is -0.337 e. The Labute approximate surface area is 137 Å². The predicted molar refractivity (Wildman–Crippen MR) is 86.4 cm³/mol. The fourth-order valence-electron chi connectivity index (χ4n) is 3.75. The number of carbonyl (C=O) groups excluding carboxylic acids is 1. The molecule has 124 valence electrons. The maximum Gasteiger partial charge on any atom is 0.235 e. The molecule has 2 heterocycles. The van der Waals surface area contributed by atoms with Crippen molar-refractivity contribution in [3.8, 4) is 6.07 Å². The highest BCUT2D eigenvalue weighted by Crippen LogP contribution is 2.26. The molecule has 0 radical (unpaired) electrons. The van der Waals surface area contributed by atoms with Crippen molar-refractivity contribution in [2.75, 3.05) is 13.1 Å². The average molecular weight is 315 g/mol. The summed E-state index contributed by atoms with van der Waals surface area (Å²) in [7, 11) is 2.01. The summed E-state index contributed by atoms with van der Waals surface area (Å²) in [6, 6.07) is 2.38. The summed E-state index contributed by atoms with van der Waals surface area (Å²) in [6.45, 7) is 1.92. The van der Waals surface area contributed by atoms with Crippen LogP contribution in [0, 0.1) is 11.3 Å². The SMILES string of the molecule is Cn1cnc2c1CCN(CC(=O)NC1(C#N)CCCCCC1)C2. The summed E-state index contributed by atoms with van der Waals surface area (Å²) in [4.78, 5) is 19.0. The number of carbonyl (C=O) groups is 1. The van der Waals surface area contributed by atoms with Crippen LogP contribution < -0.4 is 5.32 Å². The molecule has 1 N–H and O–H groups in total. The second-order valence-corrected chi connectivity index (χ2v) is 6.87. The summed E-state index contributed by atoms with van der Waals surface area (Å²) in [5, 5.41) is 12.6. The van der Waals surface area contributed by atoms with Gasteiger partial charge in [0, 0.05) is 32.3 Å². The first-order valence-electron chi connectivity index (χ1n) is 8.56. The second-order valence-electron chi connectivity index (χ2n) is 6.87. The number of aryl methyl sites for hydroxylation is 1. The number of imidazole rings is 1. The van der Waals surface area contributed by atoms with Gasteiger partial charge in [0.25, 0.3) is 0 Å². The maximum atomic E-state index is 12.4. The van der Waals surface area contributed by atoms with Crippen molar-refractivity contribution in [2.45, 2.75) is 57.0 Å². The monoisotopic (exact) mass is 315 g/mol. The van der Waals surface area contributed by atoms with Gasteiger partial charge in [-0.05, 0) is 12.8 Å². The van der Waals surface area contributed by atoms with E-state index in [0.29, 0.717) is 13.1 Å². The quantitative estimate of drug-likeness (QED) is 0.858. The van der Waals surface area contributed by atoms with Crippen LogP contribution in [0.3, 0.4) is 0 Å². The highest BCUT2D eigenvalue weighted by atomic mass is 16.2. The fourth-order valence-corrected chi connectivity index (χ4v) is 3.75. The van der Waals surface area contributed by atoms with Crippen LogP contribution in [0.25, 0.3) is 0 Å². The Balaban J connectivity index is 1.58. The van der Waals surface area contributed by atoms with Crippen LogP contribution in [0.15, 0.2) is 6.33 Å². The largest absolute Gasteiger partial charge is 0.337 e. The molecule has 1 amide bonds. The lowest BCUT2D eigenvalue weighted by Crippen LogP contribution is -2.51. The van der Waals surface area contributed by atoms with Crippen LogP contribution >= 0.6 is 0 Å². The number of hydrogen-bond acceptors (Lipinski definition) is 4. The van der Waals surface area contributed by atoms with E-state index in [-0.39, 0.29) is 5.91 Å². The van der Waals surface area contributed by atoms with Gasteiger partial charge in [0.05, 0.1) is 24.6 Å². The van der Waals surface area contributed by atoms with E-state index < -0.39 is 5.54 Å². The van der Waals surface area contributed by atoms with Crippen molar-refractivity contribution in [3.05, 3.63) is 17.7 Å². The minimum atomic E-state index is -0.653. The third-order valence-electron chi connectivity index (χ3n) is 5.10. The molecule has 1 aromatic rings. The van der Waals surface area contributed by atoms with E-state index in [1.54, 1.807) is 0 Å². The first-order valence-corrected chi connectivity index (χ1v) is 8.56. The number of rotatable bonds is 3. The number of nitriles is 1. The summed E-state index contributed by atoms with van der Waals surface area (Å²) in [5.74, 6) is -0.0344. The van der Waals surface area contributed by atoms with E-state index in [0.717, 1.165) is 57.2 Å². The third-order valence-corrected chi connectivity index (χ3v) is 5.10. The minimum absolute atomic E-state index is 0.0344. The zero-order valence-electron chi connectivity index (χ0n) is 13.8. The van der Waals surface area contributed by atoms with E-state index in [4.69, 9.17) is 0 Å². The smallest absolute Gasteiger partial charge is 0.235 e. The Morgan fingerprint density at radius 1 is 1.39 bits per heavy atom. The van der Waals surface area contributed by atoms with Gasteiger partial charge in [-0.2, -0.15) is 5.26 Å². The molecule has 2 aliphatic rings. The molecule has 1 saturated carbocycles. The number of hydrogen-bond donors (Lipinski definition) is 1. The molecule has 0 spiro atoms. The lowest BCUT2D eigenvalue weighted by molar-refractivity contribution is -0.124. The molecule has 0 bridgehead atoms. The molecule has 6 heteroatoms. The van der Waals surface area contributed by atoms with Gasteiger partial charge >= 0.3 is 0 Å². The van der Waals surface area contributed by atoms with E-state index in [9.17, 15) is 10.1 Å². The third kappa shape index (κ3) is 3.56. The molecule has 1 fully saturated rings. The van der Waals surface area contributed by atoms with Gasteiger partial charge in [-0.25, -0.2) is 4.98 Å². The standard InChI is InChI=1S/C17H25N5O/c1-21-13-19-14-10-22(9-6-15(14)21)11-16(23)20-17(12-18)7-4-2-3-5-8-17/h13H,2-11H2,1H3,(H,20,23). The zero-order chi connectivity index (χ0) is 16.3. The van der Waals surface area contributed by atoms with Gasteiger partial charge < -0.3 is 9.88 Å². The Bertz CT molecular complexity index is 607. The summed E-state index contributed by atoms with van der Waals surface area (Å²) < 4.78 is 2.06. The van der Waals surface area contributed by atoms with E-state index in [1.807, 2.05) is 13.4 Å². The fraction of sp³-hybridized carbons (Fsp3) is 0.706. The van der Waals surface area contributed by atoms with Gasteiger partial charge in [0.15, 0.2) is 0 Å². The lowest BCUT2D eigenvalue weighted by Gasteiger charge is -2.30. The van der Waals surface area contributed by atoms with Gasteiger partial charge in [-0.3, -0.25) is 9.69 Å². The van der Waals surface area contributed by atoms with Crippen molar-refractivity contribution >= 4 is 5.91 Å². The van der Waals surface area contributed by atoms with E-state index >= 15 is 0 Å². The van der Waals surface area contributed by atoms with Crippen LogP contribution in [-0.4, -0.2) is 39.0 Å². The van der Waals surface area contributed by atoms with Crippen molar-refractivity contribution in [2.24, 2.45) is 7.05 Å². The summed E-state index contributed by atoms with van der Waals surface area (Å²) >= 11 is 0. The van der Waals surface area contributed by atoms with E-state index in [1.165, 1.54) is 5.69 Å². The molecular weight excluding hydrogens is 290 g/mol. The Morgan fingerprint density at radius 3 is 2.83 bits per heavy atom. The number of fused-ring (bicyclic) bond motifs is 1. The number of nitrogens with zero attached hydrogens (tertiary/aromatic N) is 4. The normalized spacial score (nSPS) is 21.0. The molecule has 0 atom stereocenters. The molecule has 3 rings (SSSR count). The van der Waals surface area contributed by atoms with Crippen LogP contribution in [0.1, 0.15) is 49.9 Å². The van der Waals surface area contributed by atoms with Crippen molar-refractivity contribution in [1.29, 1.82) is 5.26 Å². The lowest BCUT2D eigenvalue weighted by atomic mass is 9.92. The zero-order valence-corrected chi connectivity index (χ0v) is 13.8. The molecule has 1 aromatic heterocycles. The van der Waals surface area contributed by atoms with Crippen LogP contribution in [0.5, 0.6) is 0 Å². The van der Waals surface area contributed by atoms with Crippen molar-refractivity contribution in [1.82, 2.24) is 19.8 Å². The Morgan fingerprint density at radius 2 is 2.13 bits per heavy atom. The molecule has 1 aliphatic heterocycles. The molecule has 1 aliphatic carbocycles. The molecule has 23 heavy (non-hydrogen) atoms. The first kappa shape index (κ1) is 16.0. The molecular formula is C17H25N5O. The highest BCUT2D eigenvalue weighted by molar-refractivity contribution is 5.79. The highest BCUT2D eigenvalue weighted by Gasteiger charge is 2.33. The summed E-state index contributed by atoms with van der Waals surface area (Å²) in [6.07, 6.45) is 8.68. The molecule has 0 aromatic carbocycles. The second kappa shape index (κ2) is 6.71. The van der Waals surface area contributed by atoms with Gasteiger partial charge in [0.2, 0.25) is 5.91 Å².